The van der Waals surface area contributed by atoms with E-state index in [1.54, 1.807) is 15.5 Å². The number of halogens is 3. The molecule has 0 saturated carbocycles. The molecule has 6 heterocycles. The molecule has 43 heavy (non-hydrogen) atoms. The quantitative estimate of drug-likeness (QED) is 0.442. The summed E-state index contributed by atoms with van der Waals surface area (Å²) in [4.78, 5) is 42.2. The van der Waals surface area contributed by atoms with E-state index < -0.39 is 33.8 Å². The summed E-state index contributed by atoms with van der Waals surface area (Å²) in [7, 11) is -3.03. The lowest BCUT2D eigenvalue weighted by Gasteiger charge is -2.43. The van der Waals surface area contributed by atoms with Crippen LogP contribution in [0, 0.1) is 5.92 Å². The maximum Gasteiger partial charge on any atom is 0.433 e. The van der Waals surface area contributed by atoms with E-state index in [-0.39, 0.29) is 51.0 Å². The molecule has 3 atom stereocenters. The molecule has 0 aromatic carbocycles. The standard InChI is InChI=1S/C27H29F3N6O5S2/c1-33-22(27(28,29)30)11-19(31-33)21-7-8-25(42-21)43(40,41)32-18-4-3-9-34(26(18)39)15-24(38)35-12-16-10-17(14-35)20-5-2-6-23(37)36(20)13-16/h2,5-8,11,16-18,32H,3-4,9-10,12-15H2,1H3/t16?,17?,18-/m0/s1. The van der Waals surface area contributed by atoms with Crippen LogP contribution in [0.25, 0.3) is 10.6 Å². The van der Waals surface area contributed by atoms with Crippen molar-refractivity contribution in [1.29, 1.82) is 0 Å². The number of aromatic nitrogens is 3. The number of amides is 2. The van der Waals surface area contributed by atoms with Crippen LogP contribution < -0.4 is 10.3 Å². The van der Waals surface area contributed by atoms with Crippen LogP contribution in [0.2, 0.25) is 0 Å². The predicted molar refractivity (Wildman–Crippen MR) is 150 cm³/mol. The van der Waals surface area contributed by atoms with Crippen molar-refractivity contribution in [3.8, 4) is 10.6 Å². The van der Waals surface area contributed by atoms with Crippen LogP contribution >= 0.6 is 11.3 Å². The minimum atomic E-state index is -4.61. The van der Waals surface area contributed by atoms with Crippen LogP contribution in [0.15, 0.2) is 45.4 Å². The molecule has 3 aliphatic rings. The Morgan fingerprint density at radius 3 is 2.67 bits per heavy atom. The summed E-state index contributed by atoms with van der Waals surface area (Å²) in [6.45, 7) is 1.60. The highest BCUT2D eigenvalue weighted by molar-refractivity contribution is 7.91. The highest BCUT2D eigenvalue weighted by atomic mass is 32.2. The zero-order valence-corrected chi connectivity index (χ0v) is 24.7. The van der Waals surface area contributed by atoms with Crippen LogP contribution in [-0.4, -0.2) is 76.6 Å². The van der Waals surface area contributed by atoms with Gasteiger partial charge in [0.25, 0.3) is 15.6 Å². The number of hydrogen-bond acceptors (Lipinski definition) is 7. The Morgan fingerprint density at radius 1 is 1.14 bits per heavy atom. The number of carbonyl (C=O) groups excluding carboxylic acids is 2. The van der Waals surface area contributed by atoms with Crippen LogP contribution in [-0.2, 0) is 39.4 Å². The van der Waals surface area contributed by atoms with Crippen molar-refractivity contribution < 1.29 is 31.2 Å². The van der Waals surface area contributed by atoms with Gasteiger partial charge in [-0.2, -0.15) is 23.0 Å². The van der Waals surface area contributed by atoms with Crippen molar-refractivity contribution >= 4 is 33.2 Å². The van der Waals surface area contributed by atoms with Crippen molar-refractivity contribution in [1.82, 2.24) is 28.9 Å². The van der Waals surface area contributed by atoms with Crippen LogP contribution in [0.4, 0.5) is 13.2 Å². The highest BCUT2D eigenvalue weighted by Gasteiger charge is 2.39. The van der Waals surface area contributed by atoms with E-state index in [2.05, 4.69) is 9.82 Å². The smallest absolute Gasteiger partial charge is 0.340 e. The van der Waals surface area contributed by atoms with Crippen LogP contribution in [0.1, 0.15) is 36.6 Å². The van der Waals surface area contributed by atoms with E-state index in [4.69, 9.17) is 0 Å². The Kier molecular flexibility index (Phi) is 7.49. The number of hydrogen-bond donors (Lipinski definition) is 1. The Labute approximate surface area is 248 Å². The number of pyridine rings is 1. The second-order valence-electron chi connectivity index (χ2n) is 11.2. The van der Waals surface area contributed by atoms with Gasteiger partial charge in [-0.1, -0.05) is 6.07 Å². The molecule has 11 nitrogen and oxygen atoms in total. The number of piperidine rings is 2. The number of fused-ring (bicyclic) bond motifs is 4. The zero-order chi connectivity index (χ0) is 30.7. The minimum absolute atomic E-state index is 0.0166. The SMILES string of the molecule is Cn1nc(-c2ccc(S(=O)(=O)N[C@H]3CCCN(CC(=O)N4CC5CC(C4)c4cccc(=O)n4C5)C3=O)s2)cc1C(F)(F)F. The molecule has 2 amide bonds. The van der Waals surface area contributed by atoms with Crippen molar-refractivity contribution in [3.05, 3.63) is 58.1 Å². The number of nitrogens with zero attached hydrogens (tertiary/aromatic N) is 5. The number of aryl methyl sites for hydroxylation is 1. The van der Waals surface area contributed by atoms with Gasteiger partial charge in [0.1, 0.15) is 21.6 Å². The van der Waals surface area contributed by atoms with E-state index in [9.17, 15) is 36.0 Å². The molecule has 2 bridgehead atoms. The molecule has 2 unspecified atom stereocenters. The molecule has 0 spiro atoms. The first kappa shape index (κ1) is 29.6. The van der Waals surface area contributed by atoms with Gasteiger partial charge in [0.05, 0.1) is 11.4 Å². The number of alkyl halides is 3. The Bertz CT molecular complexity index is 1750. The topological polar surface area (TPSA) is 127 Å². The second kappa shape index (κ2) is 10.9. The Morgan fingerprint density at radius 2 is 1.93 bits per heavy atom. The third-order valence-corrected chi connectivity index (χ3v) is 11.3. The normalized spacial score (nSPS) is 22.5. The van der Waals surface area contributed by atoms with Gasteiger partial charge in [-0.25, -0.2) is 8.42 Å². The van der Waals surface area contributed by atoms with Gasteiger partial charge < -0.3 is 14.4 Å². The minimum Gasteiger partial charge on any atom is -0.340 e. The molecule has 3 aliphatic heterocycles. The summed E-state index contributed by atoms with van der Waals surface area (Å²) in [5, 5.41) is 3.86. The van der Waals surface area contributed by atoms with Gasteiger partial charge in [-0.3, -0.25) is 19.1 Å². The van der Waals surface area contributed by atoms with E-state index in [0.29, 0.717) is 37.3 Å². The highest BCUT2D eigenvalue weighted by Crippen LogP contribution is 2.36. The summed E-state index contributed by atoms with van der Waals surface area (Å²) in [6, 6.07) is 7.57. The molecule has 2 fully saturated rings. The van der Waals surface area contributed by atoms with Gasteiger partial charge in [-0.15, -0.1) is 11.3 Å². The van der Waals surface area contributed by atoms with Gasteiger partial charge in [0.2, 0.25) is 11.8 Å². The van der Waals surface area contributed by atoms with Gasteiger partial charge in [-0.05, 0) is 49.4 Å². The number of nitrogens with one attached hydrogen (secondary N) is 1. The third-order valence-electron chi connectivity index (χ3n) is 8.26. The molecule has 230 valence electrons. The predicted octanol–water partition coefficient (Wildman–Crippen LogP) is 2.24. The summed E-state index contributed by atoms with van der Waals surface area (Å²) in [6.07, 6.45) is -3.00. The number of sulfonamides is 1. The number of thiophene rings is 1. The third kappa shape index (κ3) is 5.74. The van der Waals surface area contributed by atoms with Crippen molar-refractivity contribution in [2.24, 2.45) is 13.0 Å². The maximum absolute atomic E-state index is 13.3. The first-order chi connectivity index (χ1) is 20.3. The van der Waals surface area contributed by atoms with Gasteiger partial charge in [0, 0.05) is 50.9 Å². The molecule has 3 aromatic heterocycles. The van der Waals surface area contributed by atoms with Gasteiger partial charge in [0.15, 0.2) is 0 Å². The van der Waals surface area contributed by atoms with Crippen LogP contribution in [0.5, 0.6) is 0 Å². The lowest BCUT2D eigenvalue weighted by Crippen LogP contribution is -2.56. The maximum atomic E-state index is 13.3. The molecule has 1 N–H and O–H groups in total. The monoisotopic (exact) mass is 638 g/mol. The van der Waals surface area contributed by atoms with Crippen molar-refractivity contribution in [2.75, 3.05) is 26.2 Å². The molecule has 16 heteroatoms. The fraction of sp³-hybridized carbons (Fsp3) is 0.481. The Hall–Kier alpha value is -3.50. The largest absolute Gasteiger partial charge is 0.433 e. The number of rotatable bonds is 6. The van der Waals surface area contributed by atoms with Crippen LogP contribution in [0.3, 0.4) is 0 Å². The van der Waals surface area contributed by atoms with Gasteiger partial charge >= 0.3 is 6.18 Å². The lowest BCUT2D eigenvalue weighted by atomic mass is 9.83. The fourth-order valence-corrected chi connectivity index (χ4v) is 8.77. The summed E-state index contributed by atoms with van der Waals surface area (Å²) in [5.74, 6) is -0.569. The van der Waals surface area contributed by atoms with Crippen molar-refractivity contribution in [3.63, 3.8) is 0 Å². The summed E-state index contributed by atoms with van der Waals surface area (Å²) in [5.41, 5.74) is -0.123. The Balaban J connectivity index is 1.11. The van der Waals surface area contributed by atoms with Crippen molar-refractivity contribution in [2.45, 2.75) is 48.2 Å². The van der Waals surface area contributed by atoms with E-state index >= 15 is 0 Å². The van der Waals surface area contributed by atoms with E-state index in [0.717, 1.165) is 36.6 Å². The van der Waals surface area contributed by atoms with E-state index in [1.807, 2.05) is 6.07 Å². The average molecular weight is 639 g/mol. The first-order valence-corrected chi connectivity index (χ1v) is 16.1. The lowest BCUT2D eigenvalue weighted by molar-refractivity contribution is -0.144. The summed E-state index contributed by atoms with van der Waals surface area (Å²) < 4.78 is 70.6. The number of likely N-dealkylation sites (tertiary alicyclic amines) is 2. The molecular formula is C27H29F3N6O5S2. The molecule has 6 rings (SSSR count). The second-order valence-corrected chi connectivity index (χ2v) is 14.3. The average Bonchev–Trinajstić information content (AvgIpc) is 3.59. The molecule has 3 aromatic rings. The first-order valence-electron chi connectivity index (χ1n) is 13.8. The fourth-order valence-electron chi connectivity index (χ4n) is 6.27. The summed E-state index contributed by atoms with van der Waals surface area (Å²) >= 11 is 0.749. The molecule has 0 aliphatic carbocycles. The zero-order valence-electron chi connectivity index (χ0n) is 23.1. The molecular weight excluding hydrogens is 609 g/mol. The van der Waals surface area contributed by atoms with E-state index in [1.165, 1.54) is 23.1 Å². The number of carbonyl (C=O) groups is 2. The molecule has 2 saturated heterocycles. The molecule has 0 radical (unpaired) electrons.